The van der Waals surface area contributed by atoms with Gasteiger partial charge in [0.25, 0.3) is 0 Å². The van der Waals surface area contributed by atoms with Gasteiger partial charge in [-0.05, 0) is 62.4 Å². The number of urea groups is 1. The van der Waals surface area contributed by atoms with Crippen LogP contribution in [0, 0.1) is 11.6 Å². The van der Waals surface area contributed by atoms with Crippen molar-refractivity contribution >= 4 is 28.3 Å². The SMILES string of the molecule is C[C@@H]1CN(c2nnc(-c3ccc(F)cc3)c3ccccc23)[C@@H](C)CN1C(=O)Nc1ccc(F)cc1. The fourth-order valence-corrected chi connectivity index (χ4v) is 4.56. The molecule has 2 heterocycles. The Bertz CT molecular complexity index is 1360. The number of nitrogens with one attached hydrogen (secondary N) is 1. The van der Waals surface area contributed by atoms with Crippen LogP contribution in [0.4, 0.5) is 25.1 Å². The van der Waals surface area contributed by atoms with Gasteiger partial charge in [0.2, 0.25) is 0 Å². The Hall–Kier alpha value is -4.07. The second-order valence-electron chi connectivity index (χ2n) is 8.86. The first kappa shape index (κ1) is 22.7. The van der Waals surface area contributed by atoms with Gasteiger partial charge in [0.15, 0.2) is 5.82 Å². The van der Waals surface area contributed by atoms with Crippen LogP contribution >= 0.6 is 0 Å². The highest BCUT2D eigenvalue weighted by atomic mass is 19.1. The molecule has 4 aromatic rings. The molecule has 2 atom stereocenters. The number of amides is 2. The summed E-state index contributed by atoms with van der Waals surface area (Å²) >= 11 is 0. The van der Waals surface area contributed by atoms with Crippen molar-refractivity contribution in [1.82, 2.24) is 15.1 Å². The first-order valence-electron chi connectivity index (χ1n) is 11.5. The van der Waals surface area contributed by atoms with E-state index in [1.807, 2.05) is 38.1 Å². The van der Waals surface area contributed by atoms with Crippen LogP contribution < -0.4 is 10.2 Å². The van der Waals surface area contributed by atoms with E-state index in [9.17, 15) is 13.6 Å². The van der Waals surface area contributed by atoms with Gasteiger partial charge in [-0.3, -0.25) is 0 Å². The average molecular weight is 474 g/mol. The number of rotatable bonds is 3. The van der Waals surface area contributed by atoms with E-state index >= 15 is 0 Å². The topological polar surface area (TPSA) is 61.4 Å². The maximum absolute atomic E-state index is 13.4. The van der Waals surface area contributed by atoms with E-state index in [1.165, 1.54) is 24.3 Å². The minimum atomic E-state index is -0.350. The van der Waals surface area contributed by atoms with Gasteiger partial charge in [0, 0.05) is 47.2 Å². The number of fused-ring (bicyclic) bond motifs is 1. The quantitative estimate of drug-likeness (QED) is 0.414. The van der Waals surface area contributed by atoms with Crippen molar-refractivity contribution in [2.45, 2.75) is 25.9 Å². The lowest BCUT2D eigenvalue weighted by atomic mass is 10.0. The molecule has 0 spiro atoms. The van der Waals surface area contributed by atoms with Gasteiger partial charge < -0.3 is 15.1 Å². The molecule has 2 amide bonds. The molecule has 3 aromatic carbocycles. The van der Waals surface area contributed by atoms with Gasteiger partial charge in [0.1, 0.15) is 17.3 Å². The molecular formula is C27H25F2N5O. The predicted octanol–water partition coefficient (Wildman–Crippen LogP) is 5.71. The number of piperazine rings is 1. The maximum atomic E-state index is 13.4. The van der Waals surface area contributed by atoms with Crippen LogP contribution in [0.15, 0.2) is 72.8 Å². The standard InChI is InChI=1S/C27H25F2N5O/c1-17-16-34(27(35)30-22-13-11-21(29)12-14-22)18(2)15-33(17)26-24-6-4-3-5-23(24)25(31-32-26)19-7-9-20(28)10-8-19/h3-14,17-18H,15-16H2,1-2H3,(H,30,35)/t17-,18+/m0/s1. The van der Waals surface area contributed by atoms with E-state index in [2.05, 4.69) is 20.4 Å². The molecule has 8 heteroatoms. The van der Waals surface area contributed by atoms with Gasteiger partial charge in [-0.15, -0.1) is 10.2 Å². The molecule has 1 aliphatic heterocycles. The Balaban J connectivity index is 1.41. The van der Waals surface area contributed by atoms with Gasteiger partial charge in [-0.25, -0.2) is 13.6 Å². The Morgan fingerprint density at radius 3 is 2.14 bits per heavy atom. The fraction of sp³-hybridized carbons (Fsp3) is 0.222. The van der Waals surface area contributed by atoms with Gasteiger partial charge in [-0.1, -0.05) is 24.3 Å². The lowest BCUT2D eigenvalue weighted by molar-refractivity contribution is 0.173. The third-order valence-corrected chi connectivity index (χ3v) is 6.40. The van der Waals surface area contributed by atoms with Crippen molar-refractivity contribution in [3.63, 3.8) is 0 Å². The molecule has 0 radical (unpaired) electrons. The maximum Gasteiger partial charge on any atom is 0.322 e. The van der Waals surface area contributed by atoms with Crippen LogP contribution in [0.3, 0.4) is 0 Å². The van der Waals surface area contributed by atoms with E-state index in [4.69, 9.17) is 0 Å². The summed E-state index contributed by atoms with van der Waals surface area (Å²) in [7, 11) is 0. The average Bonchev–Trinajstić information content (AvgIpc) is 2.86. The van der Waals surface area contributed by atoms with E-state index in [0.29, 0.717) is 24.5 Å². The zero-order valence-electron chi connectivity index (χ0n) is 19.5. The first-order chi connectivity index (χ1) is 16.9. The highest BCUT2D eigenvalue weighted by Crippen LogP contribution is 2.33. The summed E-state index contributed by atoms with van der Waals surface area (Å²) < 4.78 is 26.6. The third-order valence-electron chi connectivity index (χ3n) is 6.40. The highest BCUT2D eigenvalue weighted by molar-refractivity contribution is 6.00. The highest BCUT2D eigenvalue weighted by Gasteiger charge is 2.34. The Labute approximate surface area is 202 Å². The van der Waals surface area contributed by atoms with E-state index < -0.39 is 0 Å². The molecule has 1 fully saturated rings. The lowest BCUT2D eigenvalue weighted by Gasteiger charge is -2.44. The number of aromatic nitrogens is 2. The molecule has 5 rings (SSSR count). The van der Waals surface area contributed by atoms with Crippen molar-refractivity contribution in [3.8, 4) is 11.3 Å². The van der Waals surface area contributed by atoms with Crippen LogP contribution in [0.2, 0.25) is 0 Å². The number of halogens is 2. The van der Waals surface area contributed by atoms with Crippen molar-refractivity contribution < 1.29 is 13.6 Å². The van der Waals surface area contributed by atoms with Crippen LogP contribution in [0.25, 0.3) is 22.0 Å². The van der Waals surface area contributed by atoms with Crippen molar-refractivity contribution in [2.75, 3.05) is 23.3 Å². The molecule has 1 aliphatic rings. The van der Waals surface area contributed by atoms with E-state index in [1.54, 1.807) is 29.2 Å². The predicted molar refractivity (Wildman–Crippen MR) is 133 cm³/mol. The van der Waals surface area contributed by atoms with Crippen LogP contribution in [-0.4, -0.2) is 46.3 Å². The molecule has 1 N–H and O–H groups in total. The Morgan fingerprint density at radius 2 is 1.46 bits per heavy atom. The normalized spacial score (nSPS) is 18.1. The summed E-state index contributed by atoms with van der Waals surface area (Å²) in [4.78, 5) is 16.9. The molecule has 178 valence electrons. The number of benzene rings is 3. The largest absolute Gasteiger partial charge is 0.348 e. The molecule has 0 saturated carbocycles. The van der Waals surface area contributed by atoms with Crippen molar-refractivity contribution in [1.29, 1.82) is 0 Å². The molecule has 0 bridgehead atoms. The molecule has 35 heavy (non-hydrogen) atoms. The van der Waals surface area contributed by atoms with Crippen molar-refractivity contribution in [3.05, 3.63) is 84.4 Å². The summed E-state index contributed by atoms with van der Waals surface area (Å²) in [5.74, 6) is 0.105. The zero-order chi connectivity index (χ0) is 24.5. The monoisotopic (exact) mass is 473 g/mol. The second kappa shape index (κ2) is 9.29. The van der Waals surface area contributed by atoms with Crippen LogP contribution in [0.5, 0.6) is 0 Å². The van der Waals surface area contributed by atoms with Crippen LogP contribution in [0.1, 0.15) is 13.8 Å². The number of carbonyl (C=O) groups is 1. The molecule has 6 nitrogen and oxygen atoms in total. The van der Waals surface area contributed by atoms with Gasteiger partial charge in [-0.2, -0.15) is 0 Å². The minimum Gasteiger partial charge on any atom is -0.348 e. The van der Waals surface area contributed by atoms with Crippen molar-refractivity contribution in [2.24, 2.45) is 0 Å². The van der Waals surface area contributed by atoms with E-state index in [-0.39, 0.29) is 29.7 Å². The molecule has 0 aliphatic carbocycles. The Kier molecular flexibility index (Phi) is 6.03. The summed E-state index contributed by atoms with van der Waals surface area (Å²) in [6.45, 7) is 5.11. The number of carbonyl (C=O) groups excluding carboxylic acids is 1. The first-order valence-corrected chi connectivity index (χ1v) is 11.5. The molecule has 1 aromatic heterocycles. The zero-order valence-corrected chi connectivity index (χ0v) is 19.5. The van der Waals surface area contributed by atoms with Gasteiger partial charge in [0.05, 0.1) is 0 Å². The summed E-state index contributed by atoms with van der Waals surface area (Å²) in [5, 5.41) is 13.8. The van der Waals surface area contributed by atoms with Crippen LogP contribution in [-0.2, 0) is 0 Å². The lowest BCUT2D eigenvalue weighted by Crippen LogP contribution is -2.59. The fourth-order valence-electron chi connectivity index (χ4n) is 4.56. The molecular weight excluding hydrogens is 448 g/mol. The summed E-state index contributed by atoms with van der Waals surface area (Å²) in [6, 6.07) is 19.5. The minimum absolute atomic E-state index is 0.0143. The number of hydrogen-bond donors (Lipinski definition) is 1. The van der Waals surface area contributed by atoms with Gasteiger partial charge >= 0.3 is 6.03 Å². The molecule has 0 unspecified atom stereocenters. The third kappa shape index (κ3) is 4.51. The number of hydrogen-bond acceptors (Lipinski definition) is 4. The second-order valence-corrected chi connectivity index (χ2v) is 8.86. The Morgan fingerprint density at radius 1 is 0.829 bits per heavy atom. The van der Waals surface area contributed by atoms with E-state index in [0.717, 1.165) is 22.2 Å². The molecule has 1 saturated heterocycles. The number of nitrogens with zero attached hydrogens (tertiary/aromatic N) is 4. The number of anilines is 2. The summed E-state index contributed by atoms with van der Waals surface area (Å²) in [6.07, 6.45) is 0. The summed E-state index contributed by atoms with van der Waals surface area (Å²) in [5.41, 5.74) is 2.04. The smallest absolute Gasteiger partial charge is 0.322 e.